The predicted octanol–water partition coefficient (Wildman–Crippen LogP) is 8.44. The van der Waals surface area contributed by atoms with Crippen LogP contribution in [0, 0.1) is 0 Å². The molecule has 0 aliphatic carbocycles. The normalized spacial score (nSPS) is 11.2. The highest BCUT2D eigenvalue weighted by Gasteiger charge is 2.17. The van der Waals surface area contributed by atoms with E-state index < -0.39 is 0 Å². The monoisotopic (exact) mass is 475 g/mol. The van der Waals surface area contributed by atoms with Crippen LogP contribution >= 0.6 is 0 Å². The van der Waals surface area contributed by atoms with Crippen molar-refractivity contribution in [2.75, 3.05) is 0 Å². The molecule has 4 nitrogen and oxygen atoms in total. The second-order valence-corrected chi connectivity index (χ2v) is 8.93. The van der Waals surface area contributed by atoms with Gasteiger partial charge in [0.2, 0.25) is 11.8 Å². The molecule has 0 aliphatic heterocycles. The largest absolute Gasteiger partial charge is 0.416 e. The zero-order valence-corrected chi connectivity index (χ0v) is 19.9. The standard InChI is InChI=1S/C33H21N3O/c1-2-8-24(9-3-1)32-35-36-33(37-32)25-16-14-22(15-17-25)30-26-10-4-6-12-28(26)31(23-18-20-34-21-19-23)29-13-7-5-11-27(29)30/h1-21H. The Kier molecular flexibility index (Phi) is 5.07. The Balaban J connectivity index is 1.38. The highest BCUT2D eigenvalue weighted by molar-refractivity contribution is 6.21. The fourth-order valence-corrected chi connectivity index (χ4v) is 5.09. The Morgan fingerprint density at radius 1 is 0.378 bits per heavy atom. The summed E-state index contributed by atoms with van der Waals surface area (Å²) < 4.78 is 5.98. The van der Waals surface area contributed by atoms with Crippen LogP contribution in [0.1, 0.15) is 0 Å². The zero-order chi connectivity index (χ0) is 24.6. The van der Waals surface area contributed by atoms with E-state index in [1.165, 1.54) is 32.7 Å². The summed E-state index contributed by atoms with van der Waals surface area (Å²) in [4.78, 5) is 4.23. The van der Waals surface area contributed by atoms with Gasteiger partial charge in [-0.1, -0.05) is 78.9 Å². The molecule has 5 aromatic carbocycles. The van der Waals surface area contributed by atoms with E-state index in [1.54, 1.807) is 0 Å². The van der Waals surface area contributed by atoms with E-state index in [1.807, 2.05) is 42.7 Å². The van der Waals surface area contributed by atoms with Crippen LogP contribution in [0.5, 0.6) is 0 Å². The SMILES string of the molecule is c1ccc(-c2nnc(-c3ccc(-c4c5ccccc5c(-c5ccncc5)c5ccccc45)cc3)o2)cc1. The number of benzene rings is 5. The van der Waals surface area contributed by atoms with Gasteiger partial charge in [-0.2, -0.15) is 0 Å². The summed E-state index contributed by atoms with van der Waals surface area (Å²) in [6, 6.07) is 39.6. The van der Waals surface area contributed by atoms with E-state index in [4.69, 9.17) is 4.42 Å². The van der Waals surface area contributed by atoms with E-state index in [9.17, 15) is 0 Å². The molecule has 4 heteroatoms. The van der Waals surface area contributed by atoms with Gasteiger partial charge < -0.3 is 4.42 Å². The van der Waals surface area contributed by atoms with Crippen molar-refractivity contribution in [3.63, 3.8) is 0 Å². The van der Waals surface area contributed by atoms with Gasteiger partial charge in [0.05, 0.1) is 0 Å². The van der Waals surface area contributed by atoms with Crippen LogP contribution in [0.25, 0.3) is 66.7 Å². The van der Waals surface area contributed by atoms with Crippen LogP contribution in [0.2, 0.25) is 0 Å². The summed E-state index contributed by atoms with van der Waals surface area (Å²) in [5.74, 6) is 1.02. The average molecular weight is 476 g/mol. The molecule has 0 aliphatic rings. The van der Waals surface area contributed by atoms with E-state index in [0.29, 0.717) is 11.8 Å². The van der Waals surface area contributed by atoms with Crippen LogP contribution < -0.4 is 0 Å². The average Bonchev–Trinajstić information content (AvgIpc) is 3.47. The van der Waals surface area contributed by atoms with Crippen LogP contribution in [0.4, 0.5) is 0 Å². The summed E-state index contributed by atoms with van der Waals surface area (Å²) in [7, 11) is 0. The number of rotatable bonds is 4. The summed E-state index contributed by atoms with van der Waals surface area (Å²) >= 11 is 0. The van der Waals surface area contributed by atoms with Crippen molar-refractivity contribution < 1.29 is 4.42 Å². The molecule has 0 radical (unpaired) electrons. The molecule has 7 rings (SSSR count). The molecule has 0 spiro atoms. The quantitative estimate of drug-likeness (QED) is 0.240. The Hall–Kier alpha value is -5.09. The maximum absolute atomic E-state index is 5.98. The minimum absolute atomic E-state index is 0.508. The van der Waals surface area contributed by atoms with E-state index >= 15 is 0 Å². The zero-order valence-electron chi connectivity index (χ0n) is 19.9. The third-order valence-corrected chi connectivity index (χ3v) is 6.77. The van der Waals surface area contributed by atoms with Gasteiger partial charge in [-0.15, -0.1) is 10.2 Å². The molecule has 37 heavy (non-hydrogen) atoms. The first-order valence-corrected chi connectivity index (χ1v) is 12.2. The van der Waals surface area contributed by atoms with Crippen molar-refractivity contribution >= 4 is 21.5 Å². The first kappa shape index (κ1) is 21.2. The van der Waals surface area contributed by atoms with Gasteiger partial charge in [0.15, 0.2) is 0 Å². The van der Waals surface area contributed by atoms with Gasteiger partial charge in [-0.05, 0) is 80.2 Å². The molecule has 7 aromatic rings. The fourth-order valence-electron chi connectivity index (χ4n) is 5.09. The number of fused-ring (bicyclic) bond motifs is 2. The molecular formula is C33H21N3O. The molecule has 0 saturated heterocycles. The van der Waals surface area contributed by atoms with E-state index in [-0.39, 0.29) is 0 Å². The summed E-state index contributed by atoms with van der Waals surface area (Å²) in [6.45, 7) is 0. The van der Waals surface area contributed by atoms with Gasteiger partial charge in [0.1, 0.15) is 0 Å². The second kappa shape index (κ2) is 8.85. The molecule has 0 amide bonds. The minimum atomic E-state index is 0.508. The first-order valence-electron chi connectivity index (χ1n) is 12.2. The minimum Gasteiger partial charge on any atom is -0.416 e. The Bertz CT molecular complexity index is 1800. The number of pyridine rings is 1. The highest BCUT2D eigenvalue weighted by Crippen LogP contribution is 2.43. The summed E-state index contributed by atoms with van der Waals surface area (Å²) in [6.07, 6.45) is 3.71. The number of aromatic nitrogens is 3. The van der Waals surface area contributed by atoms with Crippen LogP contribution in [-0.4, -0.2) is 15.2 Å². The molecule has 2 aromatic heterocycles. The van der Waals surface area contributed by atoms with Gasteiger partial charge >= 0.3 is 0 Å². The third-order valence-electron chi connectivity index (χ3n) is 6.77. The summed E-state index contributed by atoms with van der Waals surface area (Å²) in [5.41, 5.74) is 6.54. The Morgan fingerprint density at radius 2 is 0.784 bits per heavy atom. The van der Waals surface area contributed by atoms with E-state index in [2.05, 4.69) is 100 Å². The van der Waals surface area contributed by atoms with Crippen molar-refractivity contribution in [2.45, 2.75) is 0 Å². The topological polar surface area (TPSA) is 51.8 Å². The van der Waals surface area contributed by atoms with Gasteiger partial charge in [-0.25, -0.2) is 0 Å². The van der Waals surface area contributed by atoms with Crippen LogP contribution in [0.15, 0.2) is 132 Å². The third kappa shape index (κ3) is 3.67. The smallest absolute Gasteiger partial charge is 0.248 e. The van der Waals surface area contributed by atoms with Crippen LogP contribution in [-0.2, 0) is 0 Å². The Labute approximate surface area is 213 Å². The molecule has 0 bridgehead atoms. The van der Waals surface area contributed by atoms with Crippen molar-refractivity contribution in [2.24, 2.45) is 0 Å². The highest BCUT2D eigenvalue weighted by atomic mass is 16.4. The lowest BCUT2D eigenvalue weighted by Crippen LogP contribution is -1.91. The molecule has 174 valence electrons. The lowest BCUT2D eigenvalue weighted by molar-refractivity contribution is 0.584. The molecule has 0 atom stereocenters. The van der Waals surface area contributed by atoms with Crippen molar-refractivity contribution in [1.29, 1.82) is 0 Å². The van der Waals surface area contributed by atoms with E-state index in [0.717, 1.165) is 22.3 Å². The molecule has 2 heterocycles. The maximum Gasteiger partial charge on any atom is 0.248 e. The molecule has 0 unspecified atom stereocenters. The number of hydrogen-bond acceptors (Lipinski definition) is 4. The number of nitrogens with zero attached hydrogens (tertiary/aromatic N) is 3. The van der Waals surface area contributed by atoms with Gasteiger partial charge in [-0.3, -0.25) is 4.98 Å². The van der Waals surface area contributed by atoms with Gasteiger partial charge in [0.25, 0.3) is 0 Å². The van der Waals surface area contributed by atoms with Crippen molar-refractivity contribution in [3.8, 4) is 45.2 Å². The lowest BCUT2D eigenvalue weighted by Gasteiger charge is -2.17. The number of hydrogen-bond donors (Lipinski definition) is 0. The van der Waals surface area contributed by atoms with Crippen molar-refractivity contribution in [3.05, 3.63) is 128 Å². The fraction of sp³-hybridized carbons (Fsp3) is 0. The molecule has 0 N–H and O–H groups in total. The Morgan fingerprint density at radius 3 is 1.30 bits per heavy atom. The first-order chi connectivity index (χ1) is 18.4. The predicted molar refractivity (Wildman–Crippen MR) is 149 cm³/mol. The van der Waals surface area contributed by atoms with Gasteiger partial charge in [0, 0.05) is 23.5 Å². The molecule has 0 fully saturated rings. The molecule has 0 saturated carbocycles. The summed E-state index contributed by atoms with van der Waals surface area (Å²) in [5, 5.41) is 13.4. The lowest BCUT2D eigenvalue weighted by atomic mass is 9.86. The van der Waals surface area contributed by atoms with Crippen LogP contribution in [0.3, 0.4) is 0 Å². The van der Waals surface area contributed by atoms with Crippen molar-refractivity contribution in [1.82, 2.24) is 15.2 Å². The second-order valence-electron chi connectivity index (χ2n) is 8.93. The molecular weight excluding hydrogens is 454 g/mol. The maximum atomic E-state index is 5.98.